The molecule has 0 saturated heterocycles. The lowest BCUT2D eigenvalue weighted by Gasteiger charge is -2.13. The van der Waals surface area contributed by atoms with Gasteiger partial charge in [0, 0.05) is 23.2 Å². The summed E-state index contributed by atoms with van der Waals surface area (Å²) in [6, 6.07) is 18.2. The molecule has 0 spiro atoms. The molecule has 0 saturated carbocycles. The predicted molar refractivity (Wildman–Crippen MR) is 85.6 cm³/mol. The zero-order valence-corrected chi connectivity index (χ0v) is 12.0. The summed E-state index contributed by atoms with van der Waals surface area (Å²) in [5.74, 6) is 1.45. The first-order chi connectivity index (χ1) is 10.2. The van der Waals surface area contributed by atoms with Crippen LogP contribution < -0.4 is 10.5 Å². The van der Waals surface area contributed by atoms with Crippen molar-refractivity contribution in [1.29, 1.82) is 0 Å². The minimum absolute atomic E-state index is 0.0732. The van der Waals surface area contributed by atoms with E-state index >= 15 is 0 Å². The van der Waals surface area contributed by atoms with E-state index < -0.39 is 0 Å². The van der Waals surface area contributed by atoms with Crippen LogP contribution in [-0.2, 0) is 6.42 Å². The lowest BCUT2D eigenvalue weighted by Crippen LogP contribution is -2.18. The van der Waals surface area contributed by atoms with Gasteiger partial charge in [0.15, 0.2) is 0 Å². The van der Waals surface area contributed by atoms with Gasteiger partial charge in [0.2, 0.25) is 5.88 Å². The van der Waals surface area contributed by atoms with Gasteiger partial charge in [0.05, 0.1) is 0 Å². The second-order valence-electron chi connectivity index (χ2n) is 5.23. The number of hydrogen-bond acceptors (Lipinski definition) is 3. The van der Waals surface area contributed by atoms with Crippen LogP contribution in [0.3, 0.4) is 0 Å². The van der Waals surface area contributed by atoms with E-state index in [1.165, 1.54) is 0 Å². The van der Waals surface area contributed by atoms with Gasteiger partial charge in [-0.05, 0) is 30.9 Å². The van der Waals surface area contributed by atoms with Crippen LogP contribution in [0.15, 0.2) is 60.8 Å². The van der Waals surface area contributed by atoms with Gasteiger partial charge in [0.1, 0.15) is 5.75 Å². The SMILES string of the molecule is CC(N)Cc1cccnc1Oc1cccc2ccccc12. The molecule has 0 aliphatic carbocycles. The Bertz CT molecular complexity index is 748. The summed E-state index contributed by atoms with van der Waals surface area (Å²) in [5, 5.41) is 2.23. The molecule has 106 valence electrons. The van der Waals surface area contributed by atoms with E-state index in [1.807, 2.05) is 43.3 Å². The van der Waals surface area contributed by atoms with Crippen molar-refractivity contribution in [3.8, 4) is 11.6 Å². The Morgan fingerprint density at radius 3 is 2.71 bits per heavy atom. The Kier molecular flexibility index (Phi) is 3.84. The average molecular weight is 278 g/mol. The molecular weight excluding hydrogens is 260 g/mol. The van der Waals surface area contributed by atoms with Gasteiger partial charge in [-0.3, -0.25) is 0 Å². The number of benzene rings is 2. The summed E-state index contributed by atoms with van der Waals surface area (Å²) in [7, 11) is 0. The molecule has 0 amide bonds. The molecule has 1 atom stereocenters. The first kappa shape index (κ1) is 13.6. The molecule has 3 nitrogen and oxygen atoms in total. The zero-order valence-electron chi connectivity index (χ0n) is 12.0. The van der Waals surface area contributed by atoms with Crippen molar-refractivity contribution < 1.29 is 4.74 Å². The highest BCUT2D eigenvalue weighted by Gasteiger charge is 2.09. The van der Waals surface area contributed by atoms with Crippen LogP contribution in [0.25, 0.3) is 10.8 Å². The van der Waals surface area contributed by atoms with E-state index in [0.717, 1.165) is 28.5 Å². The van der Waals surface area contributed by atoms with Crippen LogP contribution in [-0.4, -0.2) is 11.0 Å². The fourth-order valence-electron chi connectivity index (χ4n) is 2.41. The first-order valence-electron chi connectivity index (χ1n) is 7.09. The number of nitrogens with zero attached hydrogens (tertiary/aromatic N) is 1. The molecule has 0 bridgehead atoms. The fourth-order valence-corrected chi connectivity index (χ4v) is 2.41. The molecule has 3 rings (SSSR count). The van der Waals surface area contributed by atoms with Gasteiger partial charge in [-0.15, -0.1) is 0 Å². The molecule has 2 aromatic carbocycles. The van der Waals surface area contributed by atoms with Gasteiger partial charge in [-0.1, -0.05) is 42.5 Å². The molecule has 1 heterocycles. The summed E-state index contributed by atoms with van der Waals surface area (Å²) in [4.78, 5) is 4.36. The molecule has 1 aromatic heterocycles. The molecule has 21 heavy (non-hydrogen) atoms. The standard InChI is InChI=1S/C18H18N2O/c1-13(19)12-15-8-5-11-20-18(15)21-17-10-4-7-14-6-2-3-9-16(14)17/h2-11,13H,12,19H2,1H3. The maximum atomic E-state index is 6.06. The Labute approximate surface area is 124 Å². The lowest BCUT2D eigenvalue weighted by molar-refractivity contribution is 0.459. The highest BCUT2D eigenvalue weighted by atomic mass is 16.5. The van der Waals surface area contributed by atoms with E-state index in [-0.39, 0.29) is 6.04 Å². The van der Waals surface area contributed by atoms with E-state index in [1.54, 1.807) is 6.20 Å². The quantitative estimate of drug-likeness (QED) is 0.787. The zero-order chi connectivity index (χ0) is 14.7. The summed E-state index contributed by atoms with van der Waals surface area (Å²) >= 11 is 0. The van der Waals surface area contributed by atoms with Crippen LogP contribution in [0.4, 0.5) is 0 Å². The maximum Gasteiger partial charge on any atom is 0.222 e. The van der Waals surface area contributed by atoms with Gasteiger partial charge >= 0.3 is 0 Å². The second kappa shape index (κ2) is 5.94. The molecule has 2 N–H and O–H groups in total. The van der Waals surface area contributed by atoms with Crippen molar-refractivity contribution in [3.05, 3.63) is 66.4 Å². The summed E-state index contributed by atoms with van der Waals surface area (Å²) < 4.78 is 6.06. The smallest absolute Gasteiger partial charge is 0.222 e. The third kappa shape index (κ3) is 3.03. The lowest BCUT2D eigenvalue weighted by atomic mass is 10.1. The van der Waals surface area contributed by atoms with Crippen LogP contribution in [0.2, 0.25) is 0 Å². The van der Waals surface area contributed by atoms with Gasteiger partial charge in [0.25, 0.3) is 0 Å². The maximum absolute atomic E-state index is 6.06. The Balaban J connectivity index is 1.99. The molecule has 0 radical (unpaired) electrons. The van der Waals surface area contributed by atoms with Crippen LogP contribution in [0, 0.1) is 0 Å². The summed E-state index contributed by atoms with van der Waals surface area (Å²) in [5.41, 5.74) is 6.92. The van der Waals surface area contributed by atoms with Crippen LogP contribution in [0.1, 0.15) is 12.5 Å². The number of fused-ring (bicyclic) bond motifs is 1. The third-order valence-corrected chi connectivity index (χ3v) is 3.35. The first-order valence-corrected chi connectivity index (χ1v) is 7.09. The fraction of sp³-hybridized carbons (Fsp3) is 0.167. The van der Waals surface area contributed by atoms with Gasteiger partial charge in [-0.25, -0.2) is 4.98 Å². The molecule has 0 fully saturated rings. The van der Waals surface area contributed by atoms with E-state index in [9.17, 15) is 0 Å². The van der Waals surface area contributed by atoms with E-state index in [2.05, 4.69) is 23.2 Å². The van der Waals surface area contributed by atoms with Gasteiger partial charge < -0.3 is 10.5 Å². The van der Waals surface area contributed by atoms with E-state index in [0.29, 0.717) is 5.88 Å². The minimum atomic E-state index is 0.0732. The van der Waals surface area contributed by atoms with Crippen molar-refractivity contribution in [2.45, 2.75) is 19.4 Å². The summed E-state index contributed by atoms with van der Waals surface area (Å²) in [6.45, 7) is 1.98. The molecule has 3 heteroatoms. The van der Waals surface area contributed by atoms with Crippen molar-refractivity contribution in [1.82, 2.24) is 4.98 Å². The molecule has 3 aromatic rings. The molecule has 0 aliphatic rings. The highest BCUT2D eigenvalue weighted by Crippen LogP contribution is 2.30. The van der Waals surface area contributed by atoms with Crippen LogP contribution >= 0.6 is 0 Å². The topological polar surface area (TPSA) is 48.1 Å². The molecule has 0 aliphatic heterocycles. The summed E-state index contributed by atoms with van der Waals surface area (Å²) in [6.07, 6.45) is 2.49. The number of nitrogens with two attached hydrogens (primary N) is 1. The van der Waals surface area contributed by atoms with Crippen LogP contribution in [0.5, 0.6) is 11.6 Å². The number of aromatic nitrogens is 1. The predicted octanol–water partition coefficient (Wildman–Crippen LogP) is 3.92. The van der Waals surface area contributed by atoms with E-state index in [4.69, 9.17) is 10.5 Å². The number of rotatable bonds is 4. The number of pyridine rings is 1. The van der Waals surface area contributed by atoms with Crippen molar-refractivity contribution in [3.63, 3.8) is 0 Å². The minimum Gasteiger partial charge on any atom is -0.438 e. The normalized spacial score (nSPS) is 12.3. The van der Waals surface area contributed by atoms with Gasteiger partial charge in [-0.2, -0.15) is 0 Å². The Morgan fingerprint density at radius 2 is 1.86 bits per heavy atom. The number of ether oxygens (including phenoxy) is 1. The van der Waals surface area contributed by atoms with Crippen molar-refractivity contribution >= 4 is 10.8 Å². The second-order valence-corrected chi connectivity index (χ2v) is 5.23. The highest BCUT2D eigenvalue weighted by molar-refractivity contribution is 5.88. The Morgan fingerprint density at radius 1 is 1.05 bits per heavy atom. The molecule has 1 unspecified atom stereocenters. The third-order valence-electron chi connectivity index (χ3n) is 3.35. The monoisotopic (exact) mass is 278 g/mol. The average Bonchev–Trinajstić information content (AvgIpc) is 2.49. The largest absolute Gasteiger partial charge is 0.438 e. The number of hydrogen-bond donors (Lipinski definition) is 1. The van der Waals surface area contributed by atoms with Crippen molar-refractivity contribution in [2.24, 2.45) is 5.73 Å². The molecular formula is C18H18N2O. The van der Waals surface area contributed by atoms with Crippen molar-refractivity contribution in [2.75, 3.05) is 0 Å². The Hall–Kier alpha value is -2.39.